The molecule has 0 spiro atoms. The van der Waals surface area contributed by atoms with E-state index in [1.165, 1.54) is 0 Å². The Kier molecular flexibility index (Phi) is 6.46. The van der Waals surface area contributed by atoms with Gasteiger partial charge in [0.15, 0.2) is 0 Å². The van der Waals surface area contributed by atoms with E-state index in [-0.39, 0.29) is 18.4 Å². The molecule has 0 saturated carbocycles. The lowest BCUT2D eigenvalue weighted by Gasteiger charge is -2.30. The maximum absolute atomic E-state index is 12.7. The molecule has 1 fully saturated rings. The molecule has 1 aliphatic carbocycles. The molecule has 2 aromatic rings. The van der Waals surface area contributed by atoms with Crippen molar-refractivity contribution in [2.24, 2.45) is 0 Å². The predicted molar refractivity (Wildman–Crippen MR) is 118 cm³/mol. The first kappa shape index (κ1) is 21.2. The topological polar surface area (TPSA) is 95.9 Å². The van der Waals surface area contributed by atoms with Gasteiger partial charge in [-0.25, -0.2) is 4.79 Å². The van der Waals surface area contributed by atoms with Crippen LogP contribution in [0.5, 0.6) is 0 Å². The van der Waals surface area contributed by atoms with Crippen LogP contribution in [0.1, 0.15) is 23.5 Å². The molecule has 8 heteroatoms. The molecule has 1 atom stereocenters. The predicted octanol–water partition coefficient (Wildman–Crippen LogP) is 2.94. The van der Waals surface area contributed by atoms with E-state index < -0.39 is 24.5 Å². The van der Waals surface area contributed by atoms with Crippen molar-refractivity contribution in [3.63, 3.8) is 0 Å². The van der Waals surface area contributed by atoms with Crippen LogP contribution in [-0.2, 0) is 14.3 Å². The summed E-state index contributed by atoms with van der Waals surface area (Å²) in [5.74, 6) is -0.0294. The molecule has 4 rings (SSSR count). The van der Waals surface area contributed by atoms with E-state index in [1.807, 2.05) is 48.5 Å². The normalized spacial score (nSPS) is 16.2. The number of aliphatic carboxylic acids is 1. The van der Waals surface area contributed by atoms with Crippen molar-refractivity contribution in [3.05, 3.63) is 59.7 Å². The average molecular weight is 441 g/mol. The Morgan fingerprint density at radius 3 is 2.19 bits per heavy atom. The summed E-state index contributed by atoms with van der Waals surface area (Å²) in [7, 11) is 0. The van der Waals surface area contributed by atoms with E-state index in [0.29, 0.717) is 13.1 Å². The fourth-order valence-electron chi connectivity index (χ4n) is 4.16. The maximum Gasteiger partial charge on any atom is 0.407 e. The van der Waals surface area contributed by atoms with Gasteiger partial charge in [-0.3, -0.25) is 9.59 Å². The van der Waals surface area contributed by atoms with Gasteiger partial charge in [0.05, 0.1) is 6.42 Å². The molecule has 2 amide bonds. The van der Waals surface area contributed by atoms with Crippen molar-refractivity contribution in [1.29, 1.82) is 0 Å². The summed E-state index contributed by atoms with van der Waals surface area (Å²) in [6.45, 7) is 1.20. The molecule has 2 N–H and O–H groups in total. The van der Waals surface area contributed by atoms with Crippen LogP contribution >= 0.6 is 11.8 Å². The molecule has 1 aliphatic heterocycles. The summed E-state index contributed by atoms with van der Waals surface area (Å²) in [5.41, 5.74) is 4.41. The second-order valence-corrected chi connectivity index (χ2v) is 8.78. The van der Waals surface area contributed by atoms with Crippen LogP contribution in [0.2, 0.25) is 0 Å². The Hall–Kier alpha value is -3.00. The quantitative estimate of drug-likeness (QED) is 0.717. The third kappa shape index (κ3) is 4.69. The number of ether oxygens (including phenoxy) is 1. The number of carbonyl (C=O) groups excluding carboxylic acids is 2. The molecule has 0 bridgehead atoms. The third-order valence-electron chi connectivity index (χ3n) is 5.64. The van der Waals surface area contributed by atoms with Crippen LogP contribution in [0.25, 0.3) is 11.1 Å². The fraction of sp³-hybridized carbons (Fsp3) is 0.348. The van der Waals surface area contributed by atoms with Crippen molar-refractivity contribution >= 4 is 29.7 Å². The van der Waals surface area contributed by atoms with Gasteiger partial charge in [0.2, 0.25) is 5.91 Å². The number of hydrogen-bond acceptors (Lipinski definition) is 5. The van der Waals surface area contributed by atoms with Gasteiger partial charge < -0.3 is 20.1 Å². The number of thioether (sulfide) groups is 1. The molecule has 2 aromatic carbocycles. The number of alkyl carbamates (subject to hydrolysis) is 1. The van der Waals surface area contributed by atoms with Crippen molar-refractivity contribution in [2.75, 3.05) is 31.2 Å². The number of nitrogens with zero attached hydrogens (tertiary/aromatic N) is 1. The first-order chi connectivity index (χ1) is 15.0. The van der Waals surface area contributed by atoms with Gasteiger partial charge in [0, 0.05) is 30.5 Å². The molecule has 1 saturated heterocycles. The minimum Gasteiger partial charge on any atom is -0.481 e. The average Bonchev–Trinajstić information content (AvgIpc) is 3.11. The van der Waals surface area contributed by atoms with Gasteiger partial charge in [-0.2, -0.15) is 11.8 Å². The lowest BCUT2D eigenvalue weighted by Crippen LogP contribution is -2.51. The Morgan fingerprint density at radius 1 is 1.03 bits per heavy atom. The standard InChI is InChI=1S/C23H24N2O5S/c26-21(27)13-20(22(28)25-9-11-31-12-10-25)24-23(29)30-14-19-17-7-3-1-5-15(17)16-6-2-4-8-18(16)19/h1-8,19-20H,9-14H2,(H,24,29)(H,26,27). The van der Waals surface area contributed by atoms with Crippen molar-refractivity contribution < 1.29 is 24.2 Å². The Balaban J connectivity index is 1.43. The highest BCUT2D eigenvalue weighted by Crippen LogP contribution is 2.44. The van der Waals surface area contributed by atoms with E-state index in [0.717, 1.165) is 33.8 Å². The van der Waals surface area contributed by atoms with Gasteiger partial charge >= 0.3 is 12.1 Å². The third-order valence-corrected chi connectivity index (χ3v) is 6.58. The number of carbonyl (C=O) groups is 3. The van der Waals surface area contributed by atoms with Crippen LogP contribution in [0.15, 0.2) is 48.5 Å². The zero-order valence-electron chi connectivity index (χ0n) is 17.0. The molecular weight excluding hydrogens is 416 g/mol. The van der Waals surface area contributed by atoms with E-state index >= 15 is 0 Å². The highest BCUT2D eigenvalue weighted by atomic mass is 32.2. The number of hydrogen-bond donors (Lipinski definition) is 2. The van der Waals surface area contributed by atoms with Crippen LogP contribution in [0.4, 0.5) is 4.79 Å². The number of rotatable bonds is 6. The lowest BCUT2D eigenvalue weighted by atomic mass is 9.98. The number of carboxylic acid groups (broad SMARTS) is 1. The molecule has 2 aliphatic rings. The maximum atomic E-state index is 12.7. The Bertz CT molecular complexity index is 944. The van der Waals surface area contributed by atoms with E-state index in [9.17, 15) is 19.5 Å². The zero-order chi connectivity index (χ0) is 21.8. The summed E-state index contributed by atoms with van der Waals surface area (Å²) < 4.78 is 5.47. The number of fused-ring (bicyclic) bond motifs is 3. The van der Waals surface area contributed by atoms with E-state index in [1.54, 1.807) is 16.7 Å². The van der Waals surface area contributed by atoms with Crippen LogP contribution < -0.4 is 5.32 Å². The van der Waals surface area contributed by atoms with Crippen LogP contribution in [0.3, 0.4) is 0 Å². The molecule has 162 valence electrons. The minimum atomic E-state index is -1.15. The summed E-state index contributed by atoms with van der Waals surface area (Å²) in [4.78, 5) is 38.1. The zero-order valence-corrected chi connectivity index (χ0v) is 17.8. The number of amides is 2. The second kappa shape index (κ2) is 9.43. The van der Waals surface area contributed by atoms with Crippen molar-refractivity contribution in [1.82, 2.24) is 10.2 Å². The first-order valence-electron chi connectivity index (χ1n) is 10.2. The number of nitrogens with one attached hydrogen (secondary N) is 1. The van der Waals surface area contributed by atoms with Gasteiger partial charge in [0.25, 0.3) is 0 Å². The summed E-state index contributed by atoms with van der Waals surface area (Å²) in [6, 6.07) is 14.9. The van der Waals surface area contributed by atoms with Crippen molar-refractivity contribution in [3.8, 4) is 11.1 Å². The van der Waals surface area contributed by atoms with Crippen LogP contribution in [-0.4, -0.2) is 65.2 Å². The minimum absolute atomic E-state index is 0.105. The molecule has 1 heterocycles. The van der Waals surface area contributed by atoms with Gasteiger partial charge in [-0.15, -0.1) is 0 Å². The molecular formula is C23H24N2O5S. The largest absolute Gasteiger partial charge is 0.481 e. The highest BCUT2D eigenvalue weighted by Gasteiger charge is 2.32. The van der Waals surface area contributed by atoms with Crippen molar-refractivity contribution in [2.45, 2.75) is 18.4 Å². The van der Waals surface area contributed by atoms with Gasteiger partial charge in [-0.1, -0.05) is 48.5 Å². The van der Waals surface area contributed by atoms with Gasteiger partial charge in [0.1, 0.15) is 12.6 Å². The molecule has 0 radical (unpaired) electrons. The number of carboxylic acids is 1. The Labute approximate surface area is 184 Å². The summed E-state index contributed by atoms with van der Waals surface area (Å²) in [6.07, 6.45) is -1.26. The molecule has 0 aromatic heterocycles. The molecule has 31 heavy (non-hydrogen) atoms. The molecule has 1 unspecified atom stereocenters. The highest BCUT2D eigenvalue weighted by molar-refractivity contribution is 7.99. The smallest absolute Gasteiger partial charge is 0.407 e. The fourth-order valence-corrected chi connectivity index (χ4v) is 5.06. The van der Waals surface area contributed by atoms with E-state index in [4.69, 9.17) is 4.74 Å². The summed E-state index contributed by atoms with van der Waals surface area (Å²) >= 11 is 1.74. The monoisotopic (exact) mass is 440 g/mol. The number of benzene rings is 2. The first-order valence-corrected chi connectivity index (χ1v) is 11.4. The molecule has 7 nitrogen and oxygen atoms in total. The lowest BCUT2D eigenvalue weighted by molar-refractivity contribution is -0.142. The Morgan fingerprint density at radius 2 is 1.61 bits per heavy atom. The van der Waals surface area contributed by atoms with E-state index in [2.05, 4.69) is 5.32 Å². The second-order valence-electron chi connectivity index (χ2n) is 7.56. The van der Waals surface area contributed by atoms with Crippen LogP contribution in [0, 0.1) is 0 Å². The summed E-state index contributed by atoms with van der Waals surface area (Å²) in [5, 5.41) is 11.7. The van der Waals surface area contributed by atoms with Gasteiger partial charge in [-0.05, 0) is 22.3 Å². The SMILES string of the molecule is O=C(O)CC(NC(=O)OCC1c2ccccc2-c2ccccc21)C(=O)N1CCSCC1.